The molecule has 6 heterocycles. The Morgan fingerprint density at radius 1 is 0.982 bits per heavy atom. The number of hydrogen-bond acceptors (Lipinski definition) is 11. The van der Waals surface area contributed by atoms with Crippen LogP contribution < -0.4 is 9.64 Å². The highest BCUT2D eigenvalue weighted by atomic mass is 16.5. The highest BCUT2D eigenvalue weighted by Gasteiger charge is 2.79. The molecule has 3 aromatic rings. The zero-order valence-electron chi connectivity index (χ0n) is 33.4. The van der Waals surface area contributed by atoms with E-state index in [0.29, 0.717) is 99.5 Å². The topological polar surface area (TPSA) is 165 Å². The van der Waals surface area contributed by atoms with E-state index < -0.39 is 57.6 Å². The van der Waals surface area contributed by atoms with Crippen LogP contribution >= 0.6 is 0 Å². The summed E-state index contributed by atoms with van der Waals surface area (Å²) in [5.74, 6) is -1.33. The van der Waals surface area contributed by atoms with Crippen molar-refractivity contribution < 1.29 is 43.9 Å². The van der Waals surface area contributed by atoms with Crippen molar-refractivity contribution in [2.45, 2.75) is 92.6 Å². The SMILES string of the molecule is CC[C@]1(O)C[C@H]2CN(CCc3c([nH]c4ccccc34)[C@@](C(=O)OC)(c3cc4c(cc3OC)N(C=O)[C@H]3[C@@](O)(C(=O)OC)[C@H](O)[C@]5(CC)C=CCN6CC[C@]43[C@@H]65)C2)C1. The molecule has 1 spiro atoms. The number of nitrogens with one attached hydrogen (secondary N) is 1. The molecular formula is C44H54N4O9. The van der Waals surface area contributed by atoms with Gasteiger partial charge >= 0.3 is 11.9 Å². The number of fused-ring (bicyclic) bond motifs is 6. The van der Waals surface area contributed by atoms with Crippen molar-refractivity contribution in [2.75, 3.05) is 59.0 Å². The van der Waals surface area contributed by atoms with E-state index in [2.05, 4.69) is 20.9 Å². The first-order valence-corrected chi connectivity index (χ1v) is 20.4. The average molecular weight is 783 g/mol. The summed E-state index contributed by atoms with van der Waals surface area (Å²) in [5, 5.41) is 38.2. The number of piperidine rings is 1. The number of aromatic amines is 1. The molecule has 10 atom stereocenters. The van der Waals surface area contributed by atoms with Gasteiger partial charge in [0, 0.05) is 71.3 Å². The lowest BCUT2D eigenvalue weighted by Gasteiger charge is -2.62. The molecule has 13 nitrogen and oxygen atoms in total. The van der Waals surface area contributed by atoms with E-state index >= 15 is 4.79 Å². The lowest BCUT2D eigenvalue weighted by atomic mass is 9.47. The second-order valence-corrected chi connectivity index (χ2v) is 17.5. The molecular weight excluding hydrogens is 729 g/mol. The lowest BCUT2D eigenvalue weighted by molar-refractivity contribution is -0.218. The Labute approximate surface area is 332 Å². The van der Waals surface area contributed by atoms with Gasteiger partial charge in [-0.05, 0) is 74.2 Å². The molecule has 57 heavy (non-hydrogen) atoms. The number of esters is 2. The van der Waals surface area contributed by atoms with Crippen LogP contribution in [0.3, 0.4) is 0 Å². The predicted molar refractivity (Wildman–Crippen MR) is 211 cm³/mol. The molecule has 2 bridgehead atoms. The number of rotatable bonds is 7. The van der Waals surface area contributed by atoms with E-state index in [9.17, 15) is 24.9 Å². The number of aliphatic hydroxyl groups excluding tert-OH is 1. The molecule has 1 amide bonds. The minimum absolute atomic E-state index is 0.136. The molecule has 6 aliphatic rings. The van der Waals surface area contributed by atoms with E-state index in [-0.39, 0.29) is 12.3 Å². The molecule has 1 saturated carbocycles. The normalized spacial score (nSPS) is 37.9. The van der Waals surface area contributed by atoms with Gasteiger partial charge in [-0.15, -0.1) is 0 Å². The summed E-state index contributed by atoms with van der Waals surface area (Å²) in [5.41, 5.74) is -2.95. The second-order valence-electron chi connectivity index (χ2n) is 17.5. The van der Waals surface area contributed by atoms with E-state index in [1.54, 1.807) is 6.07 Å². The van der Waals surface area contributed by atoms with Gasteiger partial charge in [0.05, 0.1) is 38.7 Å². The summed E-state index contributed by atoms with van der Waals surface area (Å²) in [6.45, 7) is 7.01. The summed E-state index contributed by atoms with van der Waals surface area (Å²) in [7, 11) is 4.11. The number of aliphatic hydroxyl groups is 3. The van der Waals surface area contributed by atoms with Crippen LogP contribution in [0.5, 0.6) is 5.75 Å². The van der Waals surface area contributed by atoms with Crippen molar-refractivity contribution in [3.8, 4) is 5.75 Å². The Hall–Kier alpha value is -4.27. The first kappa shape index (κ1) is 38.3. The minimum atomic E-state index is -2.52. The first-order valence-electron chi connectivity index (χ1n) is 20.4. The number of amides is 1. The van der Waals surface area contributed by atoms with Crippen molar-refractivity contribution >= 4 is 34.9 Å². The van der Waals surface area contributed by atoms with Gasteiger partial charge in [-0.25, -0.2) is 4.79 Å². The number of carbonyl (C=O) groups excluding carboxylic acids is 3. The molecule has 0 radical (unpaired) electrons. The minimum Gasteiger partial charge on any atom is -0.496 e. The summed E-state index contributed by atoms with van der Waals surface area (Å²) in [6, 6.07) is 10.1. The fourth-order valence-electron chi connectivity index (χ4n) is 13.0. The molecule has 304 valence electrons. The van der Waals surface area contributed by atoms with Crippen LogP contribution in [-0.2, 0) is 41.1 Å². The number of carbonyl (C=O) groups is 3. The van der Waals surface area contributed by atoms with Gasteiger partial charge in [0.25, 0.3) is 0 Å². The summed E-state index contributed by atoms with van der Waals surface area (Å²) >= 11 is 0. The standard InChI is InChI=1S/C44H54N4O9/c1-6-40(53)21-26-22-43(38(51)56-4,34-28(13-17-46(23-26)24-40)27-11-8-9-12-31(27)45-34)30-19-29-32(20-33(30)55-3)48(25-49)36-42(29)15-18-47-16-10-14-41(7-2,35(42)47)37(50)44(36,54)39(52)57-5/h8-12,14,19-20,25-26,35-37,45,50,53-54H,6-7,13,15-18,21-24H2,1-5H3/t26-,35+,36-,37-,40+,41-,42-,43+,44+/m1/s1. The third-order valence-electron chi connectivity index (χ3n) is 15.3. The molecule has 1 aromatic heterocycles. The lowest BCUT2D eigenvalue weighted by Crippen LogP contribution is -2.81. The second kappa shape index (κ2) is 13.1. The van der Waals surface area contributed by atoms with Gasteiger partial charge in [0.2, 0.25) is 12.0 Å². The third-order valence-corrected chi connectivity index (χ3v) is 15.3. The Kier molecular flexibility index (Phi) is 8.81. The van der Waals surface area contributed by atoms with E-state index in [4.69, 9.17) is 14.2 Å². The van der Waals surface area contributed by atoms with E-state index in [1.807, 2.05) is 50.3 Å². The molecule has 1 aliphatic carbocycles. The van der Waals surface area contributed by atoms with Crippen LogP contribution in [0, 0.1) is 11.3 Å². The smallest absolute Gasteiger partial charge is 0.342 e. The van der Waals surface area contributed by atoms with Crippen LogP contribution in [0.4, 0.5) is 5.69 Å². The largest absolute Gasteiger partial charge is 0.496 e. The summed E-state index contributed by atoms with van der Waals surface area (Å²) in [6.07, 6.45) is 5.71. The Morgan fingerprint density at radius 2 is 1.75 bits per heavy atom. The molecule has 5 aliphatic heterocycles. The van der Waals surface area contributed by atoms with Gasteiger partial charge in [0.1, 0.15) is 17.3 Å². The van der Waals surface area contributed by atoms with Crippen LogP contribution in [0.25, 0.3) is 10.9 Å². The quantitative estimate of drug-likeness (QED) is 0.158. The highest BCUT2D eigenvalue weighted by Crippen LogP contribution is 2.67. The Morgan fingerprint density at radius 3 is 2.46 bits per heavy atom. The number of ether oxygens (including phenoxy) is 3. The van der Waals surface area contributed by atoms with Gasteiger partial charge in [-0.2, -0.15) is 0 Å². The van der Waals surface area contributed by atoms with Crippen molar-refractivity contribution in [3.63, 3.8) is 0 Å². The van der Waals surface area contributed by atoms with Gasteiger partial charge in [-0.3, -0.25) is 19.4 Å². The first-order chi connectivity index (χ1) is 27.4. The zero-order chi connectivity index (χ0) is 40.3. The Balaban J connectivity index is 1.38. The number of benzene rings is 2. The maximum Gasteiger partial charge on any atom is 0.342 e. The van der Waals surface area contributed by atoms with Crippen LogP contribution in [0.2, 0.25) is 0 Å². The molecule has 13 heteroatoms. The molecule has 1 unspecified atom stereocenters. The monoisotopic (exact) mass is 782 g/mol. The van der Waals surface area contributed by atoms with E-state index in [1.165, 1.54) is 26.2 Å². The number of methoxy groups -OCH3 is 3. The average Bonchev–Trinajstić information content (AvgIpc) is 3.90. The fourth-order valence-corrected chi connectivity index (χ4v) is 13.0. The Bertz CT molecular complexity index is 2190. The highest BCUT2D eigenvalue weighted by molar-refractivity contribution is 5.96. The number of hydrogen-bond donors (Lipinski definition) is 4. The van der Waals surface area contributed by atoms with Gasteiger partial charge < -0.3 is 39.4 Å². The zero-order valence-corrected chi connectivity index (χ0v) is 33.4. The molecule has 9 rings (SSSR count). The molecule has 4 N–H and O–H groups in total. The van der Waals surface area contributed by atoms with Crippen molar-refractivity contribution in [1.29, 1.82) is 0 Å². The van der Waals surface area contributed by atoms with Gasteiger partial charge in [0.15, 0.2) is 0 Å². The maximum atomic E-state index is 15.2. The predicted octanol–water partition coefficient (Wildman–Crippen LogP) is 2.95. The van der Waals surface area contributed by atoms with Crippen LogP contribution in [0.1, 0.15) is 68.3 Å². The number of nitrogens with zero attached hydrogens (tertiary/aromatic N) is 3. The molecule has 2 saturated heterocycles. The molecule has 3 fully saturated rings. The summed E-state index contributed by atoms with van der Waals surface area (Å²) in [4.78, 5) is 52.5. The van der Waals surface area contributed by atoms with Crippen molar-refractivity contribution in [2.24, 2.45) is 11.3 Å². The van der Waals surface area contributed by atoms with E-state index in [0.717, 1.165) is 16.5 Å². The third kappa shape index (κ3) is 4.77. The maximum absolute atomic E-state index is 15.2. The summed E-state index contributed by atoms with van der Waals surface area (Å²) < 4.78 is 17.4. The number of anilines is 1. The number of para-hydroxylation sites is 1. The van der Waals surface area contributed by atoms with Crippen LogP contribution in [0.15, 0.2) is 48.6 Å². The van der Waals surface area contributed by atoms with Crippen molar-refractivity contribution in [3.05, 3.63) is 70.9 Å². The fraction of sp³-hybridized carbons (Fsp3) is 0.568. The van der Waals surface area contributed by atoms with Crippen molar-refractivity contribution in [1.82, 2.24) is 14.8 Å². The molecule has 2 aromatic carbocycles. The number of aromatic nitrogens is 1. The number of H-pyrrole nitrogens is 1. The van der Waals surface area contributed by atoms with Gasteiger partial charge in [-0.1, -0.05) is 44.2 Å². The van der Waals surface area contributed by atoms with Crippen LogP contribution in [-0.4, -0.2) is 132 Å².